The van der Waals surface area contributed by atoms with Crippen LogP contribution in [0.25, 0.3) is 10.9 Å². The molecule has 5 nitrogen and oxygen atoms in total. The number of hydrogen-bond acceptors (Lipinski definition) is 5. The predicted octanol–water partition coefficient (Wildman–Crippen LogP) is 5.61. The Morgan fingerprint density at radius 1 is 0.933 bits per heavy atom. The fourth-order valence-electron chi connectivity index (χ4n) is 3.99. The lowest BCUT2D eigenvalue weighted by Crippen LogP contribution is -2.37. The molecule has 1 saturated carbocycles. The van der Waals surface area contributed by atoms with Crippen LogP contribution in [0.1, 0.15) is 38.7 Å². The normalized spacial score (nSPS) is 18.6. The highest BCUT2D eigenvalue weighted by Gasteiger charge is 2.22. The van der Waals surface area contributed by atoms with Gasteiger partial charge in [-0.2, -0.15) is 4.98 Å². The lowest BCUT2D eigenvalue weighted by molar-refractivity contribution is 0.352. The molecule has 0 unspecified atom stereocenters. The molecule has 0 atom stereocenters. The van der Waals surface area contributed by atoms with Gasteiger partial charge in [-0.15, -0.1) is 0 Å². The van der Waals surface area contributed by atoms with E-state index in [1.807, 2.05) is 26.2 Å². The Balaban J connectivity index is 0.00000256. The molecule has 2 aromatic carbocycles. The highest BCUT2D eigenvalue weighted by atomic mass is 79.9. The van der Waals surface area contributed by atoms with E-state index in [1.54, 1.807) is 0 Å². The van der Waals surface area contributed by atoms with E-state index in [9.17, 15) is 0 Å². The number of aromatic nitrogens is 2. The number of fused-ring (bicyclic) bond motifs is 1. The van der Waals surface area contributed by atoms with Crippen molar-refractivity contribution in [1.29, 1.82) is 0 Å². The third kappa shape index (κ3) is 5.29. The van der Waals surface area contributed by atoms with Crippen LogP contribution in [0.2, 0.25) is 0 Å². The number of halogens is 1. The van der Waals surface area contributed by atoms with Crippen molar-refractivity contribution in [2.24, 2.45) is 0 Å². The number of anilines is 2. The van der Waals surface area contributed by atoms with Gasteiger partial charge in [0.2, 0.25) is 5.95 Å². The Labute approximate surface area is 188 Å². The highest BCUT2D eigenvalue weighted by Crippen LogP contribution is 2.26. The van der Waals surface area contributed by atoms with E-state index in [0.717, 1.165) is 54.9 Å². The summed E-state index contributed by atoms with van der Waals surface area (Å²) in [6.07, 6.45) is 4.58. The molecule has 0 bridgehead atoms. The first-order chi connectivity index (χ1) is 14.1. The predicted molar refractivity (Wildman–Crippen MR) is 131 cm³/mol. The molecule has 1 fully saturated rings. The summed E-state index contributed by atoms with van der Waals surface area (Å²) in [6.45, 7) is 0.907. The molecular weight excluding hydrogens is 438 g/mol. The number of nitrogens with zero attached hydrogens (tertiary/aromatic N) is 3. The molecule has 1 aliphatic rings. The molecule has 2 N–H and O–H groups in total. The molecule has 0 saturated heterocycles. The molecule has 3 aromatic rings. The summed E-state index contributed by atoms with van der Waals surface area (Å²) >= 11 is 3.63. The highest BCUT2D eigenvalue weighted by molar-refractivity contribution is 9.10. The number of nitrogens with one attached hydrogen (secondary N) is 2. The van der Waals surface area contributed by atoms with E-state index in [-0.39, 0.29) is 7.43 Å². The van der Waals surface area contributed by atoms with Crippen LogP contribution in [-0.4, -0.2) is 36.1 Å². The van der Waals surface area contributed by atoms with Crippen LogP contribution in [0.4, 0.5) is 11.8 Å². The molecule has 1 aromatic heterocycles. The van der Waals surface area contributed by atoms with E-state index < -0.39 is 0 Å². The van der Waals surface area contributed by atoms with Crippen LogP contribution in [0, 0.1) is 0 Å². The van der Waals surface area contributed by atoms with Crippen molar-refractivity contribution < 1.29 is 0 Å². The second kappa shape index (κ2) is 10.2. The van der Waals surface area contributed by atoms with Crippen molar-refractivity contribution in [3.8, 4) is 0 Å². The van der Waals surface area contributed by atoms with Crippen molar-refractivity contribution in [2.45, 2.75) is 51.7 Å². The first-order valence-corrected chi connectivity index (χ1v) is 11.1. The lowest BCUT2D eigenvalue weighted by Gasteiger charge is -2.30. The van der Waals surface area contributed by atoms with Crippen LogP contribution in [0.3, 0.4) is 0 Å². The van der Waals surface area contributed by atoms with Gasteiger partial charge in [-0.25, -0.2) is 4.98 Å². The van der Waals surface area contributed by atoms with Gasteiger partial charge in [0.25, 0.3) is 0 Å². The minimum atomic E-state index is 0. The molecule has 30 heavy (non-hydrogen) atoms. The van der Waals surface area contributed by atoms with Gasteiger partial charge in [0, 0.05) is 42.6 Å². The number of benzene rings is 2. The molecule has 0 amide bonds. The van der Waals surface area contributed by atoms with E-state index in [4.69, 9.17) is 9.97 Å². The summed E-state index contributed by atoms with van der Waals surface area (Å²) in [5.74, 6) is 1.69. The topological polar surface area (TPSA) is 53.1 Å². The van der Waals surface area contributed by atoms with E-state index in [1.165, 1.54) is 10.0 Å². The van der Waals surface area contributed by atoms with Crippen molar-refractivity contribution in [3.63, 3.8) is 0 Å². The molecule has 1 aliphatic carbocycles. The number of rotatable bonds is 6. The smallest absolute Gasteiger partial charge is 0.225 e. The second-order valence-corrected chi connectivity index (χ2v) is 8.80. The third-order valence-corrected chi connectivity index (χ3v) is 6.38. The quantitative estimate of drug-likeness (QED) is 0.491. The number of para-hydroxylation sites is 1. The van der Waals surface area contributed by atoms with Crippen LogP contribution >= 0.6 is 15.9 Å². The maximum Gasteiger partial charge on any atom is 0.225 e. The SMILES string of the molecule is C.CN(C)c1nc(NC2CCC(NCc3ccccc3Br)CC2)nc2ccccc12. The first-order valence-electron chi connectivity index (χ1n) is 10.3. The van der Waals surface area contributed by atoms with Gasteiger partial charge in [0.15, 0.2) is 0 Å². The van der Waals surface area contributed by atoms with Crippen molar-refractivity contribution in [2.75, 3.05) is 24.3 Å². The molecule has 4 rings (SSSR count). The molecule has 0 aliphatic heterocycles. The molecule has 0 radical (unpaired) electrons. The minimum absolute atomic E-state index is 0. The van der Waals surface area contributed by atoms with Gasteiger partial charge in [0.05, 0.1) is 5.52 Å². The van der Waals surface area contributed by atoms with Crippen LogP contribution in [0.5, 0.6) is 0 Å². The summed E-state index contributed by atoms with van der Waals surface area (Å²) in [5, 5.41) is 8.39. The summed E-state index contributed by atoms with van der Waals surface area (Å²) in [6, 6.07) is 17.6. The van der Waals surface area contributed by atoms with Gasteiger partial charge in [-0.1, -0.05) is 53.7 Å². The Bertz CT molecular complexity index is 967. The molecule has 160 valence electrons. The Kier molecular flexibility index (Phi) is 7.67. The maximum absolute atomic E-state index is 4.78. The Morgan fingerprint density at radius 3 is 2.33 bits per heavy atom. The molecule has 6 heteroatoms. The zero-order valence-corrected chi connectivity index (χ0v) is 18.6. The van der Waals surface area contributed by atoms with E-state index in [2.05, 4.69) is 67.9 Å². The monoisotopic (exact) mass is 469 g/mol. The van der Waals surface area contributed by atoms with Crippen molar-refractivity contribution in [3.05, 3.63) is 58.6 Å². The minimum Gasteiger partial charge on any atom is -0.362 e. The average Bonchev–Trinajstić information content (AvgIpc) is 2.73. The standard InChI is InChI=1S/C23H28BrN5.CH4/c1-29(2)22-19-8-4-6-10-21(19)27-23(28-22)26-18-13-11-17(12-14-18)25-15-16-7-3-5-9-20(16)24;/h3-10,17-18,25H,11-15H2,1-2H3,(H,26,27,28);1H4. The third-order valence-electron chi connectivity index (χ3n) is 5.61. The molecule has 0 spiro atoms. The largest absolute Gasteiger partial charge is 0.362 e. The van der Waals surface area contributed by atoms with Gasteiger partial charge in [-0.3, -0.25) is 0 Å². The zero-order valence-electron chi connectivity index (χ0n) is 17.0. The average molecular weight is 470 g/mol. The van der Waals surface area contributed by atoms with Crippen LogP contribution in [0.15, 0.2) is 53.0 Å². The molecular formula is C24H32BrN5. The summed E-state index contributed by atoms with van der Waals surface area (Å²) < 4.78 is 1.17. The van der Waals surface area contributed by atoms with Crippen molar-refractivity contribution >= 4 is 38.6 Å². The molecule has 1 heterocycles. The summed E-state index contributed by atoms with van der Waals surface area (Å²) in [5.41, 5.74) is 2.30. The maximum atomic E-state index is 4.78. The summed E-state index contributed by atoms with van der Waals surface area (Å²) in [7, 11) is 4.06. The lowest BCUT2D eigenvalue weighted by atomic mass is 9.91. The van der Waals surface area contributed by atoms with Gasteiger partial charge in [0.1, 0.15) is 5.82 Å². The van der Waals surface area contributed by atoms with Gasteiger partial charge >= 0.3 is 0 Å². The van der Waals surface area contributed by atoms with Gasteiger partial charge < -0.3 is 15.5 Å². The fraction of sp³-hybridized carbons (Fsp3) is 0.417. The summed E-state index contributed by atoms with van der Waals surface area (Å²) in [4.78, 5) is 11.6. The Hall–Kier alpha value is -2.18. The van der Waals surface area contributed by atoms with Crippen molar-refractivity contribution in [1.82, 2.24) is 15.3 Å². The van der Waals surface area contributed by atoms with E-state index >= 15 is 0 Å². The van der Waals surface area contributed by atoms with Crippen LogP contribution in [-0.2, 0) is 6.54 Å². The second-order valence-electron chi connectivity index (χ2n) is 7.95. The van der Waals surface area contributed by atoms with Gasteiger partial charge in [-0.05, 0) is 49.4 Å². The van der Waals surface area contributed by atoms with E-state index in [0.29, 0.717) is 12.1 Å². The van der Waals surface area contributed by atoms with Crippen LogP contribution < -0.4 is 15.5 Å². The fourth-order valence-corrected chi connectivity index (χ4v) is 4.41. The number of hydrogen-bond donors (Lipinski definition) is 2. The first kappa shape index (κ1) is 22.5. The zero-order chi connectivity index (χ0) is 20.2. The Morgan fingerprint density at radius 2 is 1.60 bits per heavy atom.